The van der Waals surface area contributed by atoms with Gasteiger partial charge in [0.15, 0.2) is 0 Å². The second kappa shape index (κ2) is 6.58. The van der Waals surface area contributed by atoms with Gasteiger partial charge in [-0.1, -0.05) is 57.8 Å². The zero-order valence-corrected chi connectivity index (χ0v) is 12.4. The number of piperidine rings is 2. The highest BCUT2D eigenvalue weighted by atomic mass is 16.5. The van der Waals surface area contributed by atoms with Crippen molar-refractivity contribution in [3.63, 3.8) is 0 Å². The summed E-state index contributed by atoms with van der Waals surface area (Å²) in [5.41, 5.74) is 0. The first-order valence-corrected chi connectivity index (χ1v) is 8.82. The summed E-state index contributed by atoms with van der Waals surface area (Å²) in [6, 6.07) is 0.982. The third kappa shape index (κ3) is 3.33. The molecule has 0 amide bonds. The smallest absolute Gasteiger partial charge is 0.0356 e. The van der Waals surface area contributed by atoms with Crippen LogP contribution in [0.2, 0.25) is 0 Å². The van der Waals surface area contributed by atoms with E-state index in [9.17, 15) is 5.21 Å². The lowest BCUT2D eigenvalue weighted by Crippen LogP contribution is -2.51. The first-order valence-electron chi connectivity index (χ1n) is 8.82. The van der Waals surface area contributed by atoms with Crippen LogP contribution in [0.25, 0.3) is 0 Å². The van der Waals surface area contributed by atoms with Crippen molar-refractivity contribution >= 4 is 0 Å². The summed E-state index contributed by atoms with van der Waals surface area (Å²) in [7, 11) is 0. The van der Waals surface area contributed by atoms with Crippen LogP contribution in [0.5, 0.6) is 0 Å². The Morgan fingerprint density at radius 1 is 0.579 bits per heavy atom. The van der Waals surface area contributed by atoms with E-state index in [2.05, 4.69) is 0 Å². The van der Waals surface area contributed by atoms with E-state index in [0.717, 1.165) is 11.8 Å². The molecule has 1 saturated carbocycles. The van der Waals surface area contributed by atoms with Gasteiger partial charge in [0.25, 0.3) is 0 Å². The molecule has 110 valence electrons. The molecule has 0 radical (unpaired) electrons. The van der Waals surface area contributed by atoms with Gasteiger partial charge in [0.2, 0.25) is 0 Å². The van der Waals surface area contributed by atoms with E-state index >= 15 is 0 Å². The molecule has 0 aromatic heterocycles. The maximum absolute atomic E-state index is 10.2. The molecule has 2 atom stereocenters. The highest BCUT2D eigenvalue weighted by Gasteiger charge is 2.39. The lowest BCUT2D eigenvalue weighted by atomic mass is 9.71. The molecule has 1 N–H and O–H groups in total. The highest BCUT2D eigenvalue weighted by molar-refractivity contribution is 4.90. The molecule has 0 aromatic rings. The summed E-state index contributed by atoms with van der Waals surface area (Å²) in [6.45, 7) is 0. The predicted octanol–water partition coefficient (Wildman–Crippen LogP) is 4.76. The lowest BCUT2D eigenvalue weighted by Gasteiger charge is -2.47. The Morgan fingerprint density at radius 2 is 1.11 bits per heavy atom. The fraction of sp³-hybridized carbons (Fsp3) is 1.00. The number of fused-ring (bicyclic) bond motifs is 2. The third-order valence-electron chi connectivity index (χ3n) is 6.04. The second-order valence-corrected chi connectivity index (χ2v) is 7.31. The molecule has 2 saturated heterocycles. The number of rotatable bonds is 1. The number of hydrogen-bond acceptors (Lipinski definition) is 2. The van der Waals surface area contributed by atoms with Gasteiger partial charge in [-0.3, -0.25) is 0 Å². The Hall–Kier alpha value is -0.0800. The van der Waals surface area contributed by atoms with Crippen LogP contribution in [0.4, 0.5) is 0 Å². The molecule has 0 spiro atoms. The van der Waals surface area contributed by atoms with Crippen molar-refractivity contribution in [2.24, 2.45) is 11.8 Å². The number of nitrogens with zero attached hydrogens (tertiary/aromatic N) is 1. The maximum Gasteiger partial charge on any atom is 0.0356 e. The summed E-state index contributed by atoms with van der Waals surface area (Å²) in [5.74, 6) is 1.88. The molecule has 3 fully saturated rings. The average Bonchev–Trinajstić information content (AvgIpc) is 2.52. The van der Waals surface area contributed by atoms with Crippen LogP contribution in [0.3, 0.4) is 0 Å². The van der Waals surface area contributed by atoms with Crippen molar-refractivity contribution in [1.82, 2.24) is 5.06 Å². The second-order valence-electron chi connectivity index (χ2n) is 7.31. The summed E-state index contributed by atoms with van der Waals surface area (Å²) in [6.07, 6.45) is 18.1. The van der Waals surface area contributed by atoms with Gasteiger partial charge in [-0.05, 0) is 37.5 Å². The zero-order valence-electron chi connectivity index (χ0n) is 12.4. The zero-order chi connectivity index (χ0) is 13.1. The summed E-state index contributed by atoms with van der Waals surface area (Å²) < 4.78 is 0. The van der Waals surface area contributed by atoms with Crippen LogP contribution in [0.15, 0.2) is 0 Å². The van der Waals surface area contributed by atoms with Crippen molar-refractivity contribution in [2.45, 2.75) is 95.6 Å². The van der Waals surface area contributed by atoms with Gasteiger partial charge < -0.3 is 5.21 Å². The number of hydrogen-bond donors (Lipinski definition) is 1. The SMILES string of the molecule is ON1C2CCCC1CC(C1CCCCCCCC1)C2. The van der Waals surface area contributed by atoms with Crippen LogP contribution in [-0.2, 0) is 0 Å². The normalized spacial score (nSPS) is 39.3. The Bertz CT molecular complexity index is 256. The Labute approximate surface area is 118 Å². The predicted molar refractivity (Wildman–Crippen MR) is 78.2 cm³/mol. The van der Waals surface area contributed by atoms with Crippen molar-refractivity contribution in [3.8, 4) is 0 Å². The van der Waals surface area contributed by atoms with Crippen LogP contribution in [0, 0.1) is 11.8 Å². The van der Waals surface area contributed by atoms with E-state index in [1.807, 2.05) is 0 Å². The summed E-state index contributed by atoms with van der Waals surface area (Å²) >= 11 is 0. The van der Waals surface area contributed by atoms with Crippen LogP contribution in [-0.4, -0.2) is 22.4 Å². The van der Waals surface area contributed by atoms with Crippen LogP contribution in [0.1, 0.15) is 83.5 Å². The molecule has 1 aliphatic carbocycles. The van der Waals surface area contributed by atoms with E-state index in [4.69, 9.17) is 0 Å². The maximum atomic E-state index is 10.2. The molecular weight excluding hydrogens is 234 g/mol. The molecule has 2 unspecified atom stereocenters. The van der Waals surface area contributed by atoms with Gasteiger partial charge in [-0.15, -0.1) is 0 Å². The molecule has 19 heavy (non-hydrogen) atoms. The van der Waals surface area contributed by atoms with E-state index in [1.165, 1.54) is 83.5 Å². The molecular formula is C17H31NO. The number of hydroxylamine groups is 2. The molecule has 3 rings (SSSR count). The van der Waals surface area contributed by atoms with Gasteiger partial charge in [0, 0.05) is 12.1 Å². The summed E-state index contributed by atoms with van der Waals surface area (Å²) in [4.78, 5) is 0. The fourth-order valence-corrected chi connectivity index (χ4v) is 4.92. The van der Waals surface area contributed by atoms with Gasteiger partial charge in [-0.2, -0.15) is 5.06 Å². The first-order chi connectivity index (χ1) is 9.34. The topological polar surface area (TPSA) is 23.5 Å². The van der Waals surface area contributed by atoms with E-state index in [0.29, 0.717) is 12.1 Å². The largest absolute Gasteiger partial charge is 0.313 e. The van der Waals surface area contributed by atoms with Gasteiger partial charge in [0.1, 0.15) is 0 Å². The molecule has 3 aliphatic rings. The van der Waals surface area contributed by atoms with Gasteiger partial charge in [-0.25, -0.2) is 0 Å². The van der Waals surface area contributed by atoms with Crippen molar-refractivity contribution in [3.05, 3.63) is 0 Å². The minimum absolute atomic E-state index is 0.491. The minimum atomic E-state index is 0.491. The van der Waals surface area contributed by atoms with Gasteiger partial charge in [0.05, 0.1) is 0 Å². The van der Waals surface area contributed by atoms with Crippen LogP contribution >= 0.6 is 0 Å². The molecule has 2 heterocycles. The molecule has 2 aliphatic heterocycles. The summed E-state index contributed by atoms with van der Waals surface area (Å²) in [5, 5.41) is 11.9. The Balaban J connectivity index is 1.60. The first kappa shape index (κ1) is 13.9. The fourth-order valence-electron chi connectivity index (χ4n) is 4.92. The van der Waals surface area contributed by atoms with Crippen molar-refractivity contribution < 1.29 is 5.21 Å². The highest BCUT2D eigenvalue weighted by Crippen LogP contribution is 2.42. The van der Waals surface area contributed by atoms with Crippen LogP contribution < -0.4 is 0 Å². The molecule has 0 aromatic carbocycles. The van der Waals surface area contributed by atoms with Crippen molar-refractivity contribution in [1.29, 1.82) is 0 Å². The standard InChI is InChI=1S/C17H31NO/c19-18-16-10-7-11-17(18)13-15(12-16)14-8-5-3-1-2-4-6-9-14/h14-17,19H,1-13H2. The Kier molecular flexibility index (Phi) is 4.81. The van der Waals surface area contributed by atoms with E-state index < -0.39 is 0 Å². The van der Waals surface area contributed by atoms with E-state index in [-0.39, 0.29) is 0 Å². The molecule has 2 bridgehead atoms. The monoisotopic (exact) mass is 265 g/mol. The van der Waals surface area contributed by atoms with Gasteiger partial charge >= 0.3 is 0 Å². The quantitative estimate of drug-likeness (QED) is 0.739. The lowest BCUT2D eigenvalue weighted by molar-refractivity contribution is -0.206. The third-order valence-corrected chi connectivity index (χ3v) is 6.04. The molecule has 2 nitrogen and oxygen atoms in total. The minimum Gasteiger partial charge on any atom is -0.313 e. The van der Waals surface area contributed by atoms with Crippen molar-refractivity contribution in [2.75, 3.05) is 0 Å². The van der Waals surface area contributed by atoms with E-state index in [1.54, 1.807) is 5.06 Å². The average molecular weight is 265 g/mol. The molecule has 2 heteroatoms. The Morgan fingerprint density at radius 3 is 1.68 bits per heavy atom.